The summed E-state index contributed by atoms with van der Waals surface area (Å²) in [6.07, 6.45) is 2.49. The van der Waals surface area contributed by atoms with Gasteiger partial charge in [0.25, 0.3) is 11.4 Å². The monoisotopic (exact) mass is 1300 g/mol. The van der Waals surface area contributed by atoms with Crippen LogP contribution in [0.3, 0.4) is 0 Å². The van der Waals surface area contributed by atoms with E-state index in [0.717, 1.165) is 53.0 Å². The fraction of sp³-hybridized carbons (Fsp3) is 0.303. The fourth-order valence-corrected chi connectivity index (χ4v) is 12.4. The summed E-state index contributed by atoms with van der Waals surface area (Å²) in [6, 6.07) is 54.1. The molecule has 0 saturated carbocycles. The molecule has 0 N–H and O–H groups in total. The van der Waals surface area contributed by atoms with Crippen molar-refractivity contribution < 1.29 is 112 Å². The molecular weight excluding hydrogens is 1230 g/mol. The summed E-state index contributed by atoms with van der Waals surface area (Å²) >= 11 is 5.44. The summed E-state index contributed by atoms with van der Waals surface area (Å²) in [4.78, 5) is 49.8. The van der Waals surface area contributed by atoms with E-state index in [1.165, 1.54) is 36.4 Å². The van der Waals surface area contributed by atoms with E-state index in [4.69, 9.17) is 30.5 Å². The van der Waals surface area contributed by atoms with Gasteiger partial charge in [0, 0.05) is 60.7 Å². The van der Waals surface area contributed by atoms with E-state index in [-0.39, 0.29) is 110 Å². The van der Waals surface area contributed by atoms with Crippen LogP contribution in [0.5, 0.6) is 11.5 Å². The van der Waals surface area contributed by atoms with Crippen molar-refractivity contribution in [1.82, 2.24) is 9.80 Å². The number of nitro groups is 2. The van der Waals surface area contributed by atoms with Crippen LogP contribution in [0.15, 0.2) is 198 Å². The van der Waals surface area contributed by atoms with E-state index in [0.29, 0.717) is 67.1 Å². The molecule has 10 rings (SSSR count). The molecule has 89 heavy (non-hydrogen) atoms. The second kappa shape index (κ2) is 34.3. The standard InChI is InChI=1S/C31H30N2O7S.C20H22N2O5.C11H9ClO2S.C4H9O.K/c34-31(40-21-23-7-2-1-3-8-23)32-17-15-24(16-18-32)20-39-27-13-14-29(33(35)36)26(19-27)22-41(37,38)30-12-6-10-25-9-4-5-11-28(25)30;23-20(27-15-16-4-2-1-3-5-16)21-12-10-17(11-13-21)14-26-19-8-6-18(7-9-19)22(24)25;12-8-15(13,14)11-7-3-5-9-4-1-2-6-10(9)11;1-4(2,3)5;/h1-14,19,24H,15-18,20-22H2;1-9,17H,10-15H2;1-7H,8H2;1-3H3;/q;;;-1;+1. The number of carbonyl (C=O) groups excluding carboxylic acids is 2. The number of rotatable bonds is 17. The van der Waals surface area contributed by atoms with Gasteiger partial charge in [0.1, 0.15) is 29.9 Å². The van der Waals surface area contributed by atoms with Crippen LogP contribution in [0.25, 0.3) is 21.5 Å². The Kier molecular flexibility index (Phi) is 27.4. The van der Waals surface area contributed by atoms with Crippen molar-refractivity contribution >= 4 is 76.4 Å². The Hall–Kier alpha value is -6.99. The maximum absolute atomic E-state index is 13.4. The number of alkyl halides is 1. The number of ether oxygens (including phenoxy) is 4. The van der Waals surface area contributed by atoms with Gasteiger partial charge >= 0.3 is 63.6 Å². The number of carbonyl (C=O) groups is 2. The van der Waals surface area contributed by atoms with Gasteiger partial charge in [-0.2, -0.15) is 0 Å². The summed E-state index contributed by atoms with van der Waals surface area (Å²) in [7, 11) is -7.25. The van der Waals surface area contributed by atoms with Gasteiger partial charge in [-0.15, -0.1) is 17.2 Å². The quantitative estimate of drug-likeness (QED) is 0.0356. The van der Waals surface area contributed by atoms with Crippen LogP contribution >= 0.6 is 11.6 Å². The number of fused-ring (bicyclic) bond motifs is 2. The van der Waals surface area contributed by atoms with Gasteiger partial charge in [0.05, 0.1) is 38.6 Å². The Labute approximate surface area is 566 Å². The predicted molar refractivity (Wildman–Crippen MR) is 335 cm³/mol. The van der Waals surface area contributed by atoms with Crippen molar-refractivity contribution in [1.29, 1.82) is 0 Å². The first-order valence-corrected chi connectivity index (χ1v) is 32.3. The number of nitrogens with zero attached hydrogens (tertiary/aromatic N) is 4. The minimum absolute atomic E-state index is 0. The van der Waals surface area contributed by atoms with Crippen LogP contribution in [0.2, 0.25) is 0 Å². The molecule has 8 aromatic rings. The molecule has 2 heterocycles. The van der Waals surface area contributed by atoms with Crippen LogP contribution in [0.1, 0.15) is 63.1 Å². The Morgan fingerprint density at radius 3 is 1.36 bits per heavy atom. The van der Waals surface area contributed by atoms with Gasteiger partial charge in [-0.3, -0.25) is 20.2 Å². The summed E-state index contributed by atoms with van der Waals surface area (Å²) < 4.78 is 72.7. The summed E-state index contributed by atoms with van der Waals surface area (Å²) in [5.74, 6) is 0.969. The summed E-state index contributed by atoms with van der Waals surface area (Å²) in [5.41, 5.74) is 0.985. The number of hydrogen-bond acceptors (Lipinski definition) is 15. The number of amides is 2. The molecule has 0 aromatic heterocycles. The molecule has 23 heteroatoms. The van der Waals surface area contributed by atoms with E-state index < -0.39 is 40.9 Å². The van der Waals surface area contributed by atoms with Crippen LogP contribution < -0.4 is 66.0 Å². The third-order valence-electron chi connectivity index (χ3n) is 14.1. The van der Waals surface area contributed by atoms with Crippen LogP contribution in [-0.2, 0) is 48.1 Å². The molecule has 0 unspecified atom stereocenters. The molecule has 464 valence electrons. The van der Waals surface area contributed by atoms with Crippen molar-refractivity contribution in [3.05, 3.63) is 225 Å². The summed E-state index contributed by atoms with van der Waals surface area (Å²) in [5, 5.41) is 35.1. The smallest absolute Gasteiger partial charge is 0.850 e. The molecule has 2 fully saturated rings. The average molecular weight is 1300 g/mol. The molecule has 2 saturated heterocycles. The minimum atomic E-state index is -3.89. The number of non-ortho nitro benzene ring substituents is 1. The molecule has 0 spiro atoms. The van der Waals surface area contributed by atoms with Crippen molar-refractivity contribution in [3.63, 3.8) is 0 Å². The normalized spacial score (nSPS) is 13.6. The molecule has 0 aliphatic carbocycles. The van der Waals surface area contributed by atoms with Crippen LogP contribution in [-0.4, -0.2) is 98.9 Å². The van der Waals surface area contributed by atoms with Gasteiger partial charge < -0.3 is 33.9 Å². The molecule has 2 aliphatic heterocycles. The van der Waals surface area contributed by atoms with Gasteiger partial charge in [-0.25, -0.2) is 26.4 Å². The average Bonchev–Trinajstić information content (AvgIpc) is 3.01. The Morgan fingerprint density at radius 2 is 0.933 bits per heavy atom. The van der Waals surface area contributed by atoms with E-state index in [1.807, 2.05) is 103 Å². The van der Waals surface area contributed by atoms with E-state index >= 15 is 0 Å². The maximum Gasteiger partial charge on any atom is 1.00 e. The third-order valence-corrected chi connectivity index (χ3v) is 18.0. The number of piperidine rings is 2. The maximum atomic E-state index is 13.4. The van der Waals surface area contributed by atoms with Gasteiger partial charge in [-0.1, -0.05) is 154 Å². The van der Waals surface area contributed by atoms with Gasteiger partial charge in [0.2, 0.25) is 0 Å². The second-order valence-electron chi connectivity index (χ2n) is 21.9. The number of sulfone groups is 2. The Morgan fingerprint density at radius 1 is 0.539 bits per heavy atom. The van der Waals surface area contributed by atoms with Gasteiger partial charge in [0.15, 0.2) is 19.7 Å². The Balaban J connectivity index is 0.000000224. The molecule has 2 aliphatic rings. The molecule has 8 aromatic carbocycles. The van der Waals surface area contributed by atoms with E-state index in [1.54, 1.807) is 79.1 Å². The van der Waals surface area contributed by atoms with Crippen molar-refractivity contribution in [2.75, 3.05) is 44.6 Å². The van der Waals surface area contributed by atoms with Crippen molar-refractivity contribution in [2.24, 2.45) is 11.8 Å². The number of halogens is 1. The zero-order valence-corrected chi connectivity index (χ0v) is 55.6. The van der Waals surface area contributed by atoms with Crippen molar-refractivity contribution in [3.8, 4) is 11.5 Å². The molecule has 0 radical (unpaired) electrons. The molecular formula is C66H70ClKN4O15S2. The van der Waals surface area contributed by atoms with Crippen LogP contribution in [0, 0.1) is 32.1 Å². The summed E-state index contributed by atoms with van der Waals surface area (Å²) in [6.45, 7) is 8.64. The first-order chi connectivity index (χ1) is 42.1. The van der Waals surface area contributed by atoms with Gasteiger partial charge in [-0.05, 0) is 95.8 Å². The zero-order valence-electron chi connectivity index (χ0n) is 50.1. The predicted octanol–water partition coefficient (Wildman–Crippen LogP) is 10.1. The topological polar surface area (TPSA) is 255 Å². The second-order valence-corrected chi connectivity index (χ2v) is 26.4. The number of benzene rings is 8. The number of hydrogen-bond donors (Lipinski definition) is 0. The van der Waals surface area contributed by atoms with Crippen molar-refractivity contribution in [2.45, 2.75) is 80.8 Å². The largest absolute Gasteiger partial charge is 1.00 e. The first kappa shape index (κ1) is 71.1. The molecule has 0 atom stereocenters. The van der Waals surface area contributed by atoms with E-state index in [9.17, 15) is 51.8 Å². The first-order valence-electron chi connectivity index (χ1n) is 28.4. The molecule has 0 bridgehead atoms. The number of nitro benzene ring substituents is 2. The molecule has 2 amide bonds. The van der Waals surface area contributed by atoms with E-state index in [2.05, 4.69) is 0 Å². The van der Waals surface area contributed by atoms with Crippen LogP contribution in [0.4, 0.5) is 21.0 Å². The number of likely N-dealkylation sites (tertiary alicyclic amines) is 2. The fourth-order valence-electron chi connectivity index (χ4n) is 9.50. The Bertz CT molecular complexity index is 3830. The minimum Gasteiger partial charge on any atom is -0.850 e. The SMILES string of the molecule is CC(C)(C)[O-].O=C(OCc1ccccc1)N1CCC(COc2ccc([N+](=O)[O-])c(CS(=O)(=O)c3cccc4ccccc34)c2)CC1.O=C(OCc1ccccc1)N1CCC(COc2ccc([N+](=O)[O-])cc2)CC1.O=S(=O)(CCl)c1cccc2ccccc12.[K+]. The molecule has 19 nitrogen and oxygen atoms in total. The third kappa shape index (κ3) is 22.5. The zero-order chi connectivity index (χ0) is 63.3.